The Hall–Kier alpha value is -2.75. The van der Waals surface area contributed by atoms with E-state index in [9.17, 15) is 9.90 Å². The molecule has 3 saturated carbocycles. The van der Waals surface area contributed by atoms with Gasteiger partial charge in [-0.15, -0.1) is 0 Å². The largest absolute Gasteiger partial charge is 0.481 e. The summed E-state index contributed by atoms with van der Waals surface area (Å²) in [5.74, 6) is 1.34. The molecule has 4 fully saturated rings. The molecule has 1 aromatic carbocycles. The number of carbonyl (C=O) groups is 1. The fraction of sp³-hybridized carbons (Fsp3) is 0.750. The smallest absolute Gasteiger partial charge is 0.307 e. The van der Waals surface area contributed by atoms with Crippen LogP contribution >= 0.6 is 0 Å². The van der Waals surface area contributed by atoms with Crippen LogP contribution in [-0.4, -0.2) is 57.3 Å². The standard InChI is InChI=1S/C44H67N5O4/c1-26(2)28(5)39(6)19-20-41(8)31-15-16-34-40(7)22-52-24-44(34,32(31)17-18-42(41,9)35(39)38(50)51)21-33(36(40)53-23-43(10,46)27(3)4)49-37(47-25-48-49)29-11-13-30(45)14-12-29/h11-14,17,25-28,31,33-36H,15-16,18-24,45-46H2,1-10H3,(H,50,51)/t28-,31+,33-,34+,35-,36+,39-,40-,41-,42+,43+,44+/m1/s1. The molecule has 1 aromatic heterocycles. The van der Waals surface area contributed by atoms with Gasteiger partial charge in [0.2, 0.25) is 0 Å². The van der Waals surface area contributed by atoms with Crippen LogP contribution in [0.4, 0.5) is 5.69 Å². The van der Waals surface area contributed by atoms with Gasteiger partial charge in [-0.3, -0.25) is 4.79 Å². The number of hydrogen-bond acceptors (Lipinski definition) is 7. The van der Waals surface area contributed by atoms with Gasteiger partial charge in [-0.1, -0.05) is 74.0 Å². The third-order valence-electron chi connectivity index (χ3n) is 17.0. The number of fused-ring (bicyclic) bond motifs is 3. The molecular weight excluding hydrogens is 663 g/mol. The summed E-state index contributed by atoms with van der Waals surface area (Å²) >= 11 is 0. The first-order valence-corrected chi connectivity index (χ1v) is 20.4. The van der Waals surface area contributed by atoms with E-state index in [1.807, 2.05) is 24.3 Å². The Labute approximate surface area is 318 Å². The lowest BCUT2D eigenvalue weighted by Crippen LogP contribution is -2.69. The van der Waals surface area contributed by atoms with Crippen LogP contribution in [0.2, 0.25) is 0 Å². The third-order valence-corrected chi connectivity index (χ3v) is 17.0. The second kappa shape index (κ2) is 12.9. The molecule has 2 aromatic rings. The summed E-state index contributed by atoms with van der Waals surface area (Å²) in [7, 11) is 0. The second-order valence-corrected chi connectivity index (χ2v) is 20.2. The van der Waals surface area contributed by atoms with E-state index in [1.165, 1.54) is 5.57 Å². The van der Waals surface area contributed by atoms with Gasteiger partial charge in [0.05, 0.1) is 37.9 Å². The predicted molar refractivity (Wildman–Crippen MR) is 210 cm³/mol. The van der Waals surface area contributed by atoms with E-state index in [4.69, 9.17) is 31.0 Å². The van der Waals surface area contributed by atoms with Gasteiger partial charge >= 0.3 is 5.97 Å². The molecule has 12 atom stereocenters. The first-order chi connectivity index (χ1) is 24.8. The van der Waals surface area contributed by atoms with Gasteiger partial charge in [-0.05, 0) is 116 Å². The van der Waals surface area contributed by atoms with E-state index in [0.29, 0.717) is 43.3 Å². The Morgan fingerprint density at radius 2 is 1.75 bits per heavy atom. The minimum Gasteiger partial charge on any atom is -0.481 e. The number of rotatable bonds is 9. The van der Waals surface area contributed by atoms with Crippen molar-refractivity contribution in [1.82, 2.24) is 14.8 Å². The zero-order chi connectivity index (χ0) is 38.5. The first-order valence-electron chi connectivity index (χ1n) is 20.4. The molecule has 1 aliphatic heterocycles. The molecule has 5 aliphatic rings. The summed E-state index contributed by atoms with van der Waals surface area (Å²) in [6, 6.07) is 7.76. The summed E-state index contributed by atoms with van der Waals surface area (Å²) in [6.45, 7) is 24.4. The number of hydrogen-bond donors (Lipinski definition) is 3. The van der Waals surface area contributed by atoms with Crippen molar-refractivity contribution in [2.24, 2.45) is 68.3 Å². The highest BCUT2D eigenvalue weighted by Crippen LogP contribution is 2.75. The maximum absolute atomic E-state index is 13.6. The van der Waals surface area contributed by atoms with Gasteiger partial charge in [0.25, 0.3) is 0 Å². The van der Waals surface area contributed by atoms with Gasteiger partial charge in [-0.2, -0.15) is 5.10 Å². The van der Waals surface area contributed by atoms with Crippen LogP contribution in [0.15, 0.2) is 42.2 Å². The monoisotopic (exact) mass is 730 g/mol. The normalized spacial score (nSPS) is 41.2. The fourth-order valence-electron chi connectivity index (χ4n) is 12.9. The molecule has 9 heteroatoms. The molecule has 2 heterocycles. The van der Waals surface area contributed by atoms with E-state index in [-0.39, 0.29) is 51.1 Å². The molecule has 5 N–H and O–H groups in total. The molecule has 292 valence electrons. The molecule has 4 aliphatic carbocycles. The summed E-state index contributed by atoms with van der Waals surface area (Å²) in [5, 5.41) is 16.1. The van der Waals surface area contributed by atoms with Crippen molar-refractivity contribution >= 4 is 11.7 Å². The van der Waals surface area contributed by atoms with Gasteiger partial charge in [0, 0.05) is 27.6 Å². The van der Waals surface area contributed by atoms with Crippen LogP contribution in [0, 0.1) is 62.6 Å². The highest BCUT2D eigenvalue weighted by Gasteiger charge is 2.72. The third kappa shape index (κ3) is 5.51. The molecule has 2 bridgehead atoms. The first kappa shape index (κ1) is 38.5. The van der Waals surface area contributed by atoms with Crippen molar-refractivity contribution in [1.29, 1.82) is 0 Å². The summed E-state index contributed by atoms with van der Waals surface area (Å²) in [5.41, 5.74) is 14.3. The van der Waals surface area contributed by atoms with Gasteiger partial charge in [0.15, 0.2) is 5.82 Å². The number of benzene rings is 1. The molecule has 7 rings (SSSR count). The Bertz CT molecular complexity index is 1730. The quantitative estimate of drug-likeness (QED) is 0.173. The number of carboxylic acids is 1. The Balaban J connectivity index is 1.35. The van der Waals surface area contributed by atoms with Crippen LogP contribution in [-0.2, 0) is 14.3 Å². The number of nitrogen functional groups attached to an aromatic ring is 1. The van der Waals surface area contributed by atoms with Gasteiger partial charge in [-0.25, -0.2) is 9.67 Å². The SMILES string of the molecule is CC(C)[C@@H](C)[C@@]1(C)CC[C@]2(C)[C@H]3CC[C@@H]4[C@@]5(COC[C@@]4(C)[C@@H](OC[C@](C)(N)C(C)C)[C@H](n4ncnc4-c4ccc(N)cc4)C5)C3=CC[C@@]2(C)[C@@H]1C(=O)O. The highest BCUT2D eigenvalue weighted by molar-refractivity contribution is 5.73. The van der Waals surface area contributed by atoms with Crippen molar-refractivity contribution in [3.8, 4) is 11.4 Å². The molecule has 0 spiro atoms. The zero-order valence-corrected chi connectivity index (χ0v) is 34.1. The number of allylic oxidation sites excluding steroid dienone is 1. The molecular formula is C44H67N5O4. The predicted octanol–water partition coefficient (Wildman–Crippen LogP) is 8.42. The number of nitrogens with two attached hydrogens (primary N) is 2. The van der Waals surface area contributed by atoms with Crippen LogP contribution < -0.4 is 11.5 Å². The maximum atomic E-state index is 13.6. The Kier molecular flexibility index (Phi) is 9.38. The Morgan fingerprint density at radius 1 is 1.06 bits per heavy atom. The van der Waals surface area contributed by atoms with E-state index >= 15 is 0 Å². The number of anilines is 1. The Morgan fingerprint density at radius 3 is 2.40 bits per heavy atom. The van der Waals surface area contributed by atoms with E-state index in [2.05, 4.69) is 80.0 Å². The lowest BCUT2D eigenvalue weighted by atomic mass is 9.34. The number of ether oxygens (including phenoxy) is 2. The average molecular weight is 730 g/mol. The molecule has 0 amide bonds. The fourth-order valence-corrected chi connectivity index (χ4v) is 12.9. The van der Waals surface area contributed by atoms with Crippen molar-refractivity contribution in [2.75, 3.05) is 25.6 Å². The number of nitrogens with zero attached hydrogens (tertiary/aromatic N) is 3. The van der Waals surface area contributed by atoms with Crippen molar-refractivity contribution in [2.45, 2.75) is 125 Å². The minimum absolute atomic E-state index is 0.118. The number of aromatic nitrogens is 3. The van der Waals surface area contributed by atoms with Crippen LogP contribution in [0.5, 0.6) is 0 Å². The molecule has 1 saturated heterocycles. The molecule has 0 unspecified atom stereocenters. The lowest BCUT2D eigenvalue weighted by Gasteiger charge is -2.71. The number of aliphatic carboxylic acids is 1. The lowest BCUT2D eigenvalue weighted by molar-refractivity contribution is -0.252. The summed E-state index contributed by atoms with van der Waals surface area (Å²) in [4.78, 5) is 18.4. The van der Waals surface area contributed by atoms with Crippen molar-refractivity contribution in [3.63, 3.8) is 0 Å². The zero-order valence-electron chi connectivity index (χ0n) is 34.1. The van der Waals surface area contributed by atoms with Crippen LogP contribution in [0.3, 0.4) is 0 Å². The minimum atomic E-state index is -0.627. The van der Waals surface area contributed by atoms with Crippen molar-refractivity contribution in [3.05, 3.63) is 42.2 Å². The van der Waals surface area contributed by atoms with Gasteiger partial charge < -0.3 is 26.0 Å². The molecule has 53 heavy (non-hydrogen) atoms. The average Bonchev–Trinajstić information content (AvgIpc) is 3.57. The van der Waals surface area contributed by atoms with Crippen molar-refractivity contribution < 1.29 is 19.4 Å². The summed E-state index contributed by atoms with van der Waals surface area (Å²) in [6.07, 6.45) is 9.64. The maximum Gasteiger partial charge on any atom is 0.307 e. The van der Waals surface area contributed by atoms with E-state index in [1.54, 1.807) is 6.33 Å². The van der Waals surface area contributed by atoms with E-state index < -0.39 is 17.4 Å². The number of carboxylic acid groups (broad SMARTS) is 1. The topological polar surface area (TPSA) is 139 Å². The van der Waals surface area contributed by atoms with E-state index in [0.717, 1.165) is 49.9 Å². The highest BCUT2D eigenvalue weighted by atomic mass is 16.5. The van der Waals surface area contributed by atoms with Crippen LogP contribution in [0.1, 0.15) is 114 Å². The summed E-state index contributed by atoms with van der Waals surface area (Å²) < 4.78 is 16.1. The molecule has 9 nitrogen and oxygen atoms in total. The molecule has 0 radical (unpaired) electrons. The van der Waals surface area contributed by atoms with Crippen LogP contribution in [0.25, 0.3) is 11.4 Å². The van der Waals surface area contributed by atoms with Gasteiger partial charge in [0.1, 0.15) is 6.33 Å². The second-order valence-electron chi connectivity index (χ2n) is 20.2.